The second kappa shape index (κ2) is 7.09. The van der Waals surface area contributed by atoms with Crippen LogP contribution < -0.4 is 5.32 Å². The summed E-state index contributed by atoms with van der Waals surface area (Å²) < 4.78 is 1.72. The van der Waals surface area contributed by atoms with Gasteiger partial charge in [-0.2, -0.15) is 5.10 Å². The van der Waals surface area contributed by atoms with Crippen LogP contribution in [0.3, 0.4) is 0 Å². The molecule has 0 saturated heterocycles. The van der Waals surface area contributed by atoms with Crippen LogP contribution in [0.2, 0.25) is 0 Å². The molecule has 0 aliphatic heterocycles. The Bertz CT molecular complexity index is 689. The minimum absolute atomic E-state index is 0.182. The Hall–Kier alpha value is -2.63. The molecule has 6 heteroatoms. The van der Waals surface area contributed by atoms with Crippen molar-refractivity contribution >= 4 is 11.9 Å². The predicted molar refractivity (Wildman–Crippen MR) is 86.6 cm³/mol. The molecule has 1 amide bonds. The third-order valence-electron chi connectivity index (χ3n) is 3.42. The van der Waals surface area contributed by atoms with Crippen LogP contribution in [0.5, 0.6) is 0 Å². The fraction of sp³-hybridized carbons (Fsp3) is 0.353. The Kier molecular flexibility index (Phi) is 5.16. The third-order valence-corrected chi connectivity index (χ3v) is 3.42. The molecular weight excluding hydrogens is 294 g/mol. The number of hydrogen-bond donors (Lipinski definition) is 2. The van der Waals surface area contributed by atoms with E-state index in [1.54, 1.807) is 35.1 Å². The number of aliphatic carboxylic acids is 1. The fourth-order valence-electron chi connectivity index (χ4n) is 2.25. The Morgan fingerprint density at radius 2 is 1.91 bits per heavy atom. The molecule has 122 valence electrons. The molecule has 0 fully saturated rings. The van der Waals surface area contributed by atoms with E-state index in [0.29, 0.717) is 12.0 Å². The highest BCUT2D eigenvalue weighted by Gasteiger charge is 2.21. The molecule has 1 aromatic heterocycles. The zero-order chi connectivity index (χ0) is 17.0. The predicted octanol–water partition coefficient (Wildman–Crippen LogP) is 2.41. The fourth-order valence-corrected chi connectivity index (χ4v) is 2.25. The van der Waals surface area contributed by atoms with Crippen molar-refractivity contribution in [2.24, 2.45) is 5.92 Å². The number of nitrogens with one attached hydrogen (secondary N) is 1. The summed E-state index contributed by atoms with van der Waals surface area (Å²) in [6, 6.07) is 6.00. The van der Waals surface area contributed by atoms with E-state index in [9.17, 15) is 14.7 Å². The second-order valence-corrected chi connectivity index (χ2v) is 6.00. The molecule has 23 heavy (non-hydrogen) atoms. The average Bonchev–Trinajstić information content (AvgIpc) is 2.92. The highest BCUT2D eigenvalue weighted by atomic mass is 16.4. The van der Waals surface area contributed by atoms with Gasteiger partial charge in [0.05, 0.1) is 11.9 Å². The smallest absolute Gasteiger partial charge is 0.326 e. The average molecular weight is 315 g/mol. The summed E-state index contributed by atoms with van der Waals surface area (Å²) in [5.74, 6) is -1.22. The van der Waals surface area contributed by atoms with Gasteiger partial charge in [-0.1, -0.05) is 13.8 Å². The minimum Gasteiger partial charge on any atom is -0.480 e. The number of benzene rings is 1. The molecule has 1 heterocycles. The molecule has 2 N–H and O–H groups in total. The Morgan fingerprint density at radius 1 is 1.26 bits per heavy atom. The van der Waals surface area contributed by atoms with Crippen LogP contribution in [0.25, 0.3) is 5.69 Å². The van der Waals surface area contributed by atoms with E-state index in [2.05, 4.69) is 10.4 Å². The van der Waals surface area contributed by atoms with Crippen molar-refractivity contribution in [3.8, 4) is 5.69 Å². The Morgan fingerprint density at radius 3 is 2.39 bits per heavy atom. The van der Waals surface area contributed by atoms with E-state index >= 15 is 0 Å². The number of amides is 1. The molecule has 0 aliphatic rings. The zero-order valence-electron chi connectivity index (χ0n) is 13.5. The van der Waals surface area contributed by atoms with Crippen molar-refractivity contribution in [1.29, 1.82) is 0 Å². The van der Waals surface area contributed by atoms with Crippen molar-refractivity contribution in [3.05, 3.63) is 47.8 Å². The molecule has 1 aromatic carbocycles. The summed E-state index contributed by atoms with van der Waals surface area (Å²) in [5.41, 5.74) is 2.31. The molecule has 0 spiro atoms. The van der Waals surface area contributed by atoms with Gasteiger partial charge in [0.2, 0.25) is 0 Å². The van der Waals surface area contributed by atoms with E-state index in [1.165, 1.54) is 0 Å². The first-order valence-electron chi connectivity index (χ1n) is 7.52. The van der Waals surface area contributed by atoms with Crippen molar-refractivity contribution in [3.63, 3.8) is 0 Å². The summed E-state index contributed by atoms with van der Waals surface area (Å²) in [6.45, 7) is 5.79. The lowest BCUT2D eigenvalue weighted by Crippen LogP contribution is -2.41. The molecule has 2 rings (SSSR count). The van der Waals surface area contributed by atoms with Crippen molar-refractivity contribution in [1.82, 2.24) is 15.1 Å². The van der Waals surface area contributed by atoms with Crippen LogP contribution in [0.1, 0.15) is 36.2 Å². The summed E-state index contributed by atoms with van der Waals surface area (Å²) in [5, 5.41) is 16.0. The largest absolute Gasteiger partial charge is 0.480 e. The Balaban J connectivity index is 2.09. The van der Waals surface area contributed by atoms with Crippen LogP contribution in [0.4, 0.5) is 0 Å². The number of carboxylic acids is 1. The summed E-state index contributed by atoms with van der Waals surface area (Å²) >= 11 is 0. The summed E-state index contributed by atoms with van der Waals surface area (Å²) in [4.78, 5) is 23.4. The van der Waals surface area contributed by atoms with Gasteiger partial charge in [-0.05, 0) is 49.1 Å². The van der Waals surface area contributed by atoms with Gasteiger partial charge >= 0.3 is 5.97 Å². The molecule has 0 radical (unpaired) electrons. The number of rotatable bonds is 6. The minimum atomic E-state index is -1.02. The van der Waals surface area contributed by atoms with E-state index < -0.39 is 12.0 Å². The van der Waals surface area contributed by atoms with E-state index in [0.717, 1.165) is 11.3 Å². The number of carbonyl (C=O) groups is 2. The van der Waals surface area contributed by atoms with Gasteiger partial charge in [-0.25, -0.2) is 9.48 Å². The van der Waals surface area contributed by atoms with Crippen LogP contribution in [0.15, 0.2) is 36.7 Å². The topological polar surface area (TPSA) is 84.2 Å². The summed E-state index contributed by atoms with van der Waals surface area (Å²) in [7, 11) is 0. The van der Waals surface area contributed by atoms with Crippen LogP contribution in [-0.2, 0) is 4.79 Å². The number of carbonyl (C=O) groups excluding carboxylic acids is 1. The lowest BCUT2D eigenvalue weighted by molar-refractivity contribution is -0.139. The number of hydrogen-bond acceptors (Lipinski definition) is 3. The lowest BCUT2D eigenvalue weighted by Gasteiger charge is -2.16. The van der Waals surface area contributed by atoms with Gasteiger partial charge in [0.1, 0.15) is 6.04 Å². The molecule has 2 aromatic rings. The number of aromatic nitrogens is 2. The van der Waals surface area contributed by atoms with E-state index in [-0.39, 0.29) is 11.8 Å². The first-order valence-corrected chi connectivity index (χ1v) is 7.52. The molecule has 0 unspecified atom stereocenters. The maximum Gasteiger partial charge on any atom is 0.326 e. The first kappa shape index (κ1) is 16.7. The number of carboxylic acid groups (broad SMARTS) is 1. The van der Waals surface area contributed by atoms with Crippen molar-refractivity contribution in [2.75, 3.05) is 0 Å². The molecule has 0 bridgehead atoms. The standard InChI is InChI=1S/C17H21N3O3/c1-11(2)8-15(17(22)23)19-16(21)13-4-6-14(7-5-13)20-10-12(3)9-18-20/h4-7,9-11,15H,8H2,1-3H3,(H,19,21)(H,22,23)/t15-/m1/s1. The molecular formula is C17H21N3O3. The zero-order valence-corrected chi connectivity index (χ0v) is 13.5. The summed E-state index contributed by atoms with van der Waals surface area (Å²) in [6.07, 6.45) is 4.04. The normalized spacial score (nSPS) is 12.2. The number of nitrogens with zero attached hydrogens (tertiary/aromatic N) is 2. The molecule has 6 nitrogen and oxygen atoms in total. The Labute approximate surface area is 135 Å². The van der Waals surface area contributed by atoms with Crippen molar-refractivity contribution in [2.45, 2.75) is 33.2 Å². The maximum absolute atomic E-state index is 12.2. The monoisotopic (exact) mass is 315 g/mol. The quantitative estimate of drug-likeness (QED) is 0.857. The number of aryl methyl sites for hydroxylation is 1. The van der Waals surface area contributed by atoms with Gasteiger partial charge in [0.15, 0.2) is 0 Å². The van der Waals surface area contributed by atoms with E-state index in [1.807, 2.05) is 27.0 Å². The van der Waals surface area contributed by atoms with Crippen LogP contribution in [-0.4, -0.2) is 32.8 Å². The van der Waals surface area contributed by atoms with Gasteiger partial charge < -0.3 is 10.4 Å². The molecule has 0 aliphatic carbocycles. The van der Waals surface area contributed by atoms with E-state index in [4.69, 9.17) is 0 Å². The highest BCUT2D eigenvalue weighted by molar-refractivity contribution is 5.96. The lowest BCUT2D eigenvalue weighted by atomic mass is 10.0. The van der Waals surface area contributed by atoms with Gasteiger partial charge in [0, 0.05) is 11.8 Å². The third kappa shape index (κ3) is 4.42. The maximum atomic E-state index is 12.2. The van der Waals surface area contributed by atoms with Gasteiger partial charge in [-0.3, -0.25) is 4.79 Å². The highest BCUT2D eigenvalue weighted by Crippen LogP contribution is 2.11. The molecule has 0 saturated carbocycles. The van der Waals surface area contributed by atoms with Crippen molar-refractivity contribution < 1.29 is 14.7 Å². The van der Waals surface area contributed by atoms with Crippen LogP contribution in [0, 0.1) is 12.8 Å². The second-order valence-electron chi connectivity index (χ2n) is 6.00. The SMILES string of the molecule is Cc1cnn(-c2ccc(C(=O)N[C@H](CC(C)C)C(=O)O)cc2)c1. The van der Waals surface area contributed by atoms with Gasteiger partial charge in [-0.15, -0.1) is 0 Å². The van der Waals surface area contributed by atoms with Gasteiger partial charge in [0.25, 0.3) is 5.91 Å². The first-order chi connectivity index (χ1) is 10.9. The molecule has 1 atom stereocenters. The van der Waals surface area contributed by atoms with Crippen LogP contribution >= 0.6 is 0 Å².